The molecular weight excluding hydrogens is 192 g/mol. The van der Waals surface area contributed by atoms with Gasteiger partial charge in [-0.1, -0.05) is 0 Å². The van der Waals surface area contributed by atoms with Gasteiger partial charge in [-0.3, -0.25) is 0 Å². The fourth-order valence-corrected chi connectivity index (χ4v) is 3.76. The predicted molar refractivity (Wildman–Crippen MR) is 63.6 cm³/mol. The average molecular weight is 214 g/mol. The minimum absolute atomic E-state index is 0.667. The Balaban J connectivity index is 1.76. The zero-order valence-corrected chi connectivity index (χ0v) is 9.93. The van der Waals surface area contributed by atoms with E-state index in [1.807, 2.05) is 0 Å². The molecule has 14 heavy (non-hydrogen) atoms. The van der Waals surface area contributed by atoms with Crippen molar-refractivity contribution in [3.8, 4) is 0 Å². The molecule has 0 bridgehead atoms. The SMILES string of the molecule is CN(CC1CCSC1)C(CN)C1CC1. The molecule has 1 heterocycles. The smallest absolute Gasteiger partial charge is 0.0243 e. The summed E-state index contributed by atoms with van der Waals surface area (Å²) in [6, 6.07) is 0.667. The molecule has 0 aromatic heterocycles. The molecule has 2 fully saturated rings. The monoisotopic (exact) mass is 214 g/mol. The Kier molecular flexibility index (Phi) is 3.74. The van der Waals surface area contributed by atoms with Crippen LogP contribution in [0.5, 0.6) is 0 Å². The van der Waals surface area contributed by atoms with Crippen molar-refractivity contribution in [2.45, 2.75) is 25.3 Å². The third-order valence-corrected chi connectivity index (χ3v) is 4.78. The summed E-state index contributed by atoms with van der Waals surface area (Å²) >= 11 is 2.11. The number of rotatable bonds is 5. The van der Waals surface area contributed by atoms with Crippen LogP contribution in [-0.2, 0) is 0 Å². The molecule has 1 saturated carbocycles. The second kappa shape index (κ2) is 4.86. The van der Waals surface area contributed by atoms with Crippen LogP contribution in [0.3, 0.4) is 0 Å². The van der Waals surface area contributed by atoms with E-state index < -0.39 is 0 Å². The standard InChI is InChI=1S/C11H22N2S/c1-13(7-9-4-5-14-8-9)11(6-12)10-2-3-10/h9-11H,2-8,12H2,1H3. The first-order valence-corrected chi connectivity index (χ1v) is 6.94. The Morgan fingerprint density at radius 3 is 2.71 bits per heavy atom. The molecule has 82 valence electrons. The molecule has 0 amide bonds. The molecule has 0 spiro atoms. The number of hydrogen-bond acceptors (Lipinski definition) is 3. The van der Waals surface area contributed by atoms with E-state index >= 15 is 0 Å². The molecule has 2 nitrogen and oxygen atoms in total. The van der Waals surface area contributed by atoms with E-state index in [0.29, 0.717) is 6.04 Å². The molecular formula is C11H22N2S. The van der Waals surface area contributed by atoms with Gasteiger partial charge in [0.1, 0.15) is 0 Å². The van der Waals surface area contributed by atoms with Crippen molar-refractivity contribution < 1.29 is 0 Å². The number of thioether (sulfide) groups is 1. The van der Waals surface area contributed by atoms with Gasteiger partial charge in [0.15, 0.2) is 0 Å². The minimum atomic E-state index is 0.667. The van der Waals surface area contributed by atoms with Gasteiger partial charge >= 0.3 is 0 Å². The topological polar surface area (TPSA) is 29.3 Å². The molecule has 2 aliphatic rings. The highest BCUT2D eigenvalue weighted by atomic mass is 32.2. The maximum atomic E-state index is 5.84. The quantitative estimate of drug-likeness (QED) is 0.750. The second-order valence-corrected chi connectivity index (χ2v) is 5.96. The maximum absolute atomic E-state index is 5.84. The van der Waals surface area contributed by atoms with Gasteiger partial charge in [0.25, 0.3) is 0 Å². The molecule has 2 rings (SSSR count). The highest BCUT2D eigenvalue weighted by Crippen LogP contribution is 2.35. The Bertz CT molecular complexity index is 176. The molecule has 1 aliphatic carbocycles. The van der Waals surface area contributed by atoms with Crippen LogP contribution in [0.4, 0.5) is 0 Å². The zero-order chi connectivity index (χ0) is 9.97. The fraction of sp³-hybridized carbons (Fsp3) is 1.00. The Morgan fingerprint density at radius 2 is 2.21 bits per heavy atom. The summed E-state index contributed by atoms with van der Waals surface area (Å²) in [7, 11) is 2.26. The second-order valence-electron chi connectivity index (χ2n) is 4.81. The van der Waals surface area contributed by atoms with E-state index in [1.54, 1.807) is 0 Å². The maximum Gasteiger partial charge on any atom is 0.0243 e. The molecule has 0 radical (unpaired) electrons. The lowest BCUT2D eigenvalue weighted by molar-refractivity contribution is 0.198. The van der Waals surface area contributed by atoms with Crippen LogP contribution >= 0.6 is 11.8 Å². The Hall–Kier alpha value is 0.270. The van der Waals surface area contributed by atoms with Crippen LogP contribution < -0.4 is 5.73 Å². The van der Waals surface area contributed by atoms with Crippen LogP contribution in [0.15, 0.2) is 0 Å². The predicted octanol–water partition coefficient (Wildman–Crippen LogP) is 1.41. The Labute approximate surface area is 91.6 Å². The van der Waals surface area contributed by atoms with Gasteiger partial charge in [-0.25, -0.2) is 0 Å². The van der Waals surface area contributed by atoms with Crippen molar-refractivity contribution in [3.05, 3.63) is 0 Å². The number of likely N-dealkylation sites (N-methyl/N-ethyl adjacent to an activating group) is 1. The minimum Gasteiger partial charge on any atom is -0.329 e. The molecule has 2 atom stereocenters. The van der Waals surface area contributed by atoms with Gasteiger partial charge in [-0.15, -0.1) is 0 Å². The van der Waals surface area contributed by atoms with E-state index in [9.17, 15) is 0 Å². The third kappa shape index (κ3) is 2.65. The summed E-state index contributed by atoms with van der Waals surface area (Å²) in [4.78, 5) is 2.52. The van der Waals surface area contributed by atoms with Crippen molar-refractivity contribution in [1.82, 2.24) is 4.90 Å². The molecule has 1 aliphatic heterocycles. The van der Waals surface area contributed by atoms with Gasteiger partial charge in [-0.05, 0) is 49.7 Å². The summed E-state index contributed by atoms with van der Waals surface area (Å²) in [6.45, 7) is 2.12. The molecule has 2 N–H and O–H groups in total. The highest BCUT2D eigenvalue weighted by Gasteiger charge is 2.33. The van der Waals surface area contributed by atoms with E-state index in [2.05, 4.69) is 23.7 Å². The molecule has 1 saturated heterocycles. The van der Waals surface area contributed by atoms with Crippen molar-refractivity contribution in [2.75, 3.05) is 31.6 Å². The first kappa shape index (κ1) is 10.8. The van der Waals surface area contributed by atoms with Crippen molar-refractivity contribution in [3.63, 3.8) is 0 Å². The molecule has 0 aromatic carbocycles. The normalized spacial score (nSPS) is 29.8. The number of nitrogens with zero attached hydrogens (tertiary/aromatic N) is 1. The molecule has 0 aromatic rings. The van der Waals surface area contributed by atoms with Crippen molar-refractivity contribution in [2.24, 2.45) is 17.6 Å². The number of hydrogen-bond donors (Lipinski definition) is 1. The van der Waals surface area contributed by atoms with Crippen molar-refractivity contribution >= 4 is 11.8 Å². The van der Waals surface area contributed by atoms with E-state index in [-0.39, 0.29) is 0 Å². The van der Waals surface area contributed by atoms with Gasteiger partial charge in [0.05, 0.1) is 0 Å². The molecule has 2 unspecified atom stereocenters. The lowest BCUT2D eigenvalue weighted by atomic mass is 10.1. The first-order valence-electron chi connectivity index (χ1n) is 5.79. The lowest BCUT2D eigenvalue weighted by Crippen LogP contribution is -2.42. The van der Waals surface area contributed by atoms with Gasteiger partial charge in [0, 0.05) is 19.1 Å². The Morgan fingerprint density at radius 1 is 1.43 bits per heavy atom. The largest absolute Gasteiger partial charge is 0.329 e. The van der Waals surface area contributed by atoms with Gasteiger partial charge < -0.3 is 10.6 Å². The number of nitrogens with two attached hydrogens (primary N) is 1. The summed E-state index contributed by atoms with van der Waals surface area (Å²) in [5, 5.41) is 0. The zero-order valence-electron chi connectivity index (χ0n) is 9.11. The van der Waals surface area contributed by atoms with Crippen LogP contribution in [0, 0.1) is 11.8 Å². The summed E-state index contributed by atoms with van der Waals surface area (Å²) in [5.41, 5.74) is 5.84. The lowest BCUT2D eigenvalue weighted by Gasteiger charge is -2.29. The van der Waals surface area contributed by atoms with Gasteiger partial charge in [0.2, 0.25) is 0 Å². The van der Waals surface area contributed by atoms with E-state index in [1.165, 1.54) is 37.3 Å². The van der Waals surface area contributed by atoms with Crippen LogP contribution in [0.2, 0.25) is 0 Å². The summed E-state index contributed by atoms with van der Waals surface area (Å²) < 4.78 is 0. The van der Waals surface area contributed by atoms with Crippen LogP contribution in [0.1, 0.15) is 19.3 Å². The highest BCUT2D eigenvalue weighted by molar-refractivity contribution is 7.99. The third-order valence-electron chi connectivity index (χ3n) is 3.54. The first-order chi connectivity index (χ1) is 6.81. The van der Waals surface area contributed by atoms with Crippen LogP contribution in [0.25, 0.3) is 0 Å². The van der Waals surface area contributed by atoms with E-state index in [4.69, 9.17) is 5.73 Å². The summed E-state index contributed by atoms with van der Waals surface area (Å²) in [5.74, 6) is 4.58. The van der Waals surface area contributed by atoms with Crippen molar-refractivity contribution in [1.29, 1.82) is 0 Å². The molecule has 3 heteroatoms. The fourth-order valence-electron chi connectivity index (χ4n) is 2.48. The summed E-state index contributed by atoms with van der Waals surface area (Å²) in [6.07, 6.45) is 4.23. The average Bonchev–Trinajstić information content (AvgIpc) is 2.86. The van der Waals surface area contributed by atoms with E-state index in [0.717, 1.165) is 18.4 Å². The van der Waals surface area contributed by atoms with Gasteiger partial charge in [-0.2, -0.15) is 11.8 Å². The van der Waals surface area contributed by atoms with Crippen LogP contribution in [-0.4, -0.2) is 42.6 Å².